The second-order valence-electron chi connectivity index (χ2n) is 3.88. The Labute approximate surface area is 122 Å². The van der Waals surface area contributed by atoms with E-state index in [4.69, 9.17) is 9.52 Å². The SMILES string of the molecule is O=C(NCc1ccco1)Nc1cc(Br)ccc1C(=O)O. The third-order valence-corrected chi connectivity index (χ3v) is 2.96. The molecule has 0 spiro atoms. The van der Waals surface area contributed by atoms with Crippen LogP contribution >= 0.6 is 15.9 Å². The molecule has 0 fully saturated rings. The molecule has 2 amide bonds. The van der Waals surface area contributed by atoms with Crippen molar-refractivity contribution in [1.29, 1.82) is 0 Å². The van der Waals surface area contributed by atoms with Crippen molar-refractivity contribution in [2.75, 3.05) is 5.32 Å². The van der Waals surface area contributed by atoms with Crippen LogP contribution in [0.2, 0.25) is 0 Å². The number of carbonyl (C=O) groups is 2. The quantitative estimate of drug-likeness (QED) is 0.798. The van der Waals surface area contributed by atoms with Crippen molar-refractivity contribution in [3.8, 4) is 0 Å². The van der Waals surface area contributed by atoms with E-state index in [2.05, 4.69) is 26.6 Å². The molecule has 1 aromatic heterocycles. The normalized spacial score (nSPS) is 10.1. The first kappa shape index (κ1) is 14.1. The molecule has 0 aliphatic rings. The van der Waals surface area contributed by atoms with Crippen molar-refractivity contribution in [3.63, 3.8) is 0 Å². The zero-order valence-corrected chi connectivity index (χ0v) is 11.8. The second-order valence-corrected chi connectivity index (χ2v) is 4.80. The summed E-state index contributed by atoms with van der Waals surface area (Å²) in [4.78, 5) is 22.8. The zero-order valence-electron chi connectivity index (χ0n) is 10.2. The van der Waals surface area contributed by atoms with Crippen molar-refractivity contribution in [3.05, 3.63) is 52.4 Å². The van der Waals surface area contributed by atoms with E-state index in [0.29, 0.717) is 10.2 Å². The average molecular weight is 339 g/mol. The fourth-order valence-corrected chi connectivity index (χ4v) is 1.91. The predicted octanol–water partition coefficient (Wildman–Crippen LogP) is 3.06. The number of hydrogen-bond acceptors (Lipinski definition) is 3. The van der Waals surface area contributed by atoms with E-state index in [9.17, 15) is 9.59 Å². The summed E-state index contributed by atoms with van der Waals surface area (Å²) in [5, 5.41) is 14.1. The first-order valence-corrected chi connectivity index (χ1v) is 6.45. The van der Waals surface area contributed by atoms with Crippen LogP contribution in [0.15, 0.2) is 45.5 Å². The first-order valence-electron chi connectivity index (χ1n) is 5.66. The van der Waals surface area contributed by atoms with Gasteiger partial charge in [-0.05, 0) is 30.3 Å². The van der Waals surface area contributed by atoms with Crippen LogP contribution in [0.4, 0.5) is 10.5 Å². The van der Waals surface area contributed by atoms with Gasteiger partial charge in [-0.1, -0.05) is 15.9 Å². The maximum Gasteiger partial charge on any atom is 0.337 e. The number of urea groups is 1. The zero-order chi connectivity index (χ0) is 14.5. The molecule has 0 saturated carbocycles. The van der Waals surface area contributed by atoms with Crippen molar-refractivity contribution in [1.82, 2.24) is 5.32 Å². The number of amides is 2. The van der Waals surface area contributed by atoms with Gasteiger partial charge in [-0.25, -0.2) is 9.59 Å². The van der Waals surface area contributed by atoms with E-state index < -0.39 is 12.0 Å². The van der Waals surface area contributed by atoms with Crippen LogP contribution in [0.1, 0.15) is 16.1 Å². The van der Waals surface area contributed by atoms with Gasteiger partial charge in [-0.3, -0.25) is 0 Å². The van der Waals surface area contributed by atoms with Gasteiger partial charge in [-0.15, -0.1) is 0 Å². The molecule has 6 nitrogen and oxygen atoms in total. The third kappa shape index (κ3) is 3.61. The van der Waals surface area contributed by atoms with E-state index in [1.807, 2.05) is 0 Å². The largest absolute Gasteiger partial charge is 0.478 e. The summed E-state index contributed by atoms with van der Waals surface area (Å²) < 4.78 is 5.74. The number of nitrogens with one attached hydrogen (secondary N) is 2. The van der Waals surface area contributed by atoms with Crippen LogP contribution in [0.5, 0.6) is 0 Å². The topological polar surface area (TPSA) is 91.6 Å². The number of carbonyl (C=O) groups excluding carboxylic acids is 1. The fraction of sp³-hybridized carbons (Fsp3) is 0.0769. The molecule has 2 aromatic rings. The first-order chi connectivity index (χ1) is 9.56. The van der Waals surface area contributed by atoms with Gasteiger partial charge in [0, 0.05) is 4.47 Å². The summed E-state index contributed by atoms with van der Waals surface area (Å²) >= 11 is 3.23. The van der Waals surface area contributed by atoms with Crippen LogP contribution in [-0.4, -0.2) is 17.1 Å². The Kier molecular flexibility index (Phi) is 4.41. The Balaban J connectivity index is 2.03. The number of halogens is 1. The molecule has 0 unspecified atom stereocenters. The summed E-state index contributed by atoms with van der Waals surface area (Å²) in [6.07, 6.45) is 1.51. The molecule has 1 aromatic carbocycles. The summed E-state index contributed by atoms with van der Waals surface area (Å²) in [6.45, 7) is 0.218. The van der Waals surface area contributed by atoms with Gasteiger partial charge in [0.05, 0.1) is 24.1 Å². The highest BCUT2D eigenvalue weighted by molar-refractivity contribution is 9.10. The molecule has 7 heteroatoms. The van der Waals surface area contributed by atoms with Gasteiger partial charge in [0.2, 0.25) is 0 Å². The Morgan fingerprint density at radius 3 is 2.75 bits per heavy atom. The molecular weight excluding hydrogens is 328 g/mol. The standard InChI is InChI=1S/C13H11BrN2O4/c14-8-3-4-10(12(17)18)11(6-8)16-13(19)15-7-9-2-1-5-20-9/h1-6H,7H2,(H,17,18)(H2,15,16,19). The van der Waals surface area contributed by atoms with E-state index in [1.54, 1.807) is 18.2 Å². The van der Waals surface area contributed by atoms with Gasteiger partial charge >= 0.3 is 12.0 Å². The van der Waals surface area contributed by atoms with Gasteiger partial charge in [0.25, 0.3) is 0 Å². The smallest absolute Gasteiger partial charge is 0.337 e. The Hall–Kier alpha value is -2.28. The minimum absolute atomic E-state index is 0.0151. The molecule has 1 heterocycles. The molecule has 3 N–H and O–H groups in total. The van der Waals surface area contributed by atoms with Gasteiger partial charge in [0.15, 0.2) is 0 Å². The highest BCUT2D eigenvalue weighted by Gasteiger charge is 2.12. The fourth-order valence-electron chi connectivity index (χ4n) is 1.55. The van der Waals surface area contributed by atoms with Crippen LogP contribution in [0, 0.1) is 0 Å². The highest BCUT2D eigenvalue weighted by atomic mass is 79.9. The van der Waals surface area contributed by atoms with E-state index in [-0.39, 0.29) is 17.8 Å². The lowest BCUT2D eigenvalue weighted by Gasteiger charge is -2.09. The lowest BCUT2D eigenvalue weighted by atomic mass is 10.2. The minimum atomic E-state index is -1.11. The van der Waals surface area contributed by atoms with Gasteiger partial charge in [-0.2, -0.15) is 0 Å². The predicted molar refractivity (Wildman–Crippen MR) is 75.7 cm³/mol. The summed E-state index contributed by atoms with van der Waals surface area (Å²) in [5.41, 5.74) is 0.227. The van der Waals surface area contributed by atoms with Crippen LogP contribution in [0.25, 0.3) is 0 Å². The highest BCUT2D eigenvalue weighted by Crippen LogP contribution is 2.21. The number of carboxylic acid groups (broad SMARTS) is 1. The number of aromatic carboxylic acids is 1. The Morgan fingerprint density at radius 2 is 2.10 bits per heavy atom. The molecule has 0 aliphatic carbocycles. The summed E-state index contributed by atoms with van der Waals surface area (Å²) in [5.74, 6) is -0.508. The van der Waals surface area contributed by atoms with E-state index >= 15 is 0 Å². The number of anilines is 1. The van der Waals surface area contributed by atoms with Crippen molar-refractivity contribution in [2.24, 2.45) is 0 Å². The average Bonchev–Trinajstić information content (AvgIpc) is 2.89. The second kappa shape index (κ2) is 6.25. The molecule has 0 bridgehead atoms. The minimum Gasteiger partial charge on any atom is -0.478 e. The van der Waals surface area contributed by atoms with Crippen LogP contribution < -0.4 is 10.6 Å². The summed E-state index contributed by atoms with van der Waals surface area (Å²) in [6, 6.07) is 7.45. The molecule has 104 valence electrons. The molecule has 0 atom stereocenters. The number of hydrogen-bond donors (Lipinski definition) is 3. The van der Waals surface area contributed by atoms with Crippen molar-refractivity contribution < 1.29 is 19.1 Å². The van der Waals surface area contributed by atoms with Gasteiger partial charge < -0.3 is 20.2 Å². The lowest BCUT2D eigenvalue weighted by Crippen LogP contribution is -2.28. The van der Waals surface area contributed by atoms with Crippen LogP contribution in [0.3, 0.4) is 0 Å². The lowest BCUT2D eigenvalue weighted by molar-refractivity contribution is 0.0698. The van der Waals surface area contributed by atoms with Crippen LogP contribution in [-0.2, 0) is 6.54 Å². The Morgan fingerprint density at radius 1 is 1.30 bits per heavy atom. The third-order valence-electron chi connectivity index (χ3n) is 2.46. The number of benzene rings is 1. The molecular formula is C13H11BrN2O4. The van der Waals surface area contributed by atoms with E-state index in [1.165, 1.54) is 18.4 Å². The molecule has 20 heavy (non-hydrogen) atoms. The van der Waals surface area contributed by atoms with Crippen molar-refractivity contribution in [2.45, 2.75) is 6.54 Å². The number of furan rings is 1. The Bertz CT molecular complexity index is 625. The van der Waals surface area contributed by atoms with Gasteiger partial charge in [0.1, 0.15) is 5.76 Å². The van der Waals surface area contributed by atoms with Crippen molar-refractivity contribution >= 4 is 33.6 Å². The monoisotopic (exact) mass is 338 g/mol. The molecule has 0 aliphatic heterocycles. The van der Waals surface area contributed by atoms with E-state index in [0.717, 1.165) is 0 Å². The maximum absolute atomic E-state index is 11.7. The molecule has 2 rings (SSSR count). The number of rotatable bonds is 4. The molecule has 0 saturated heterocycles. The summed E-state index contributed by atoms with van der Waals surface area (Å²) in [7, 11) is 0. The molecule has 0 radical (unpaired) electrons. The number of carboxylic acids is 1. The maximum atomic E-state index is 11.7.